The van der Waals surface area contributed by atoms with Gasteiger partial charge in [-0.1, -0.05) is 26.0 Å². The van der Waals surface area contributed by atoms with Crippen LogP contribution in [0.1, 0.15) is 51.5 Å². The second-order valence-corrected chi connectivity index (χ2v) is 7.15. The van der Waals surface area contributed by atoms with Gasteiger partial charge in [-0.15, -0.1) is 12.4 Å². The molecule has 1 aromatic rings. The fraction of sp³-hybridized carbons (Fsp3) is 0.650. The largest absolute Gasteiger partial charge is 0.481 e. The van der Waals surface area contributed by atoms with Gasteiger partial charge in [-0.25, -0.2) is 0 Å². The number of ether oxygens (including phenoxy) is 1. The van der Waals surface area contributed by atoms with Gasteiger partial charge in [-0.3, -0.25) is 4.79 Å². The molecule has 1 aliphatic heterocycles. The molecule has 0 spiro atoms. The zero-order valence-electron chi connectivity index (χ0n) is 16.0. The number of amides is 1. The van der Waals surface area contributed by atoms with Gasteiger partial charge < -0.3 is 15.0 Å². The van der Waals surface area contributed by atoms with Crippen LogP contribution in [-0.2, 0) is 4.79 Å². The van der Waals surface area contributed by atoms with Crippen molar-refractivity contribution < 1.29 is 9.53 Å². The quantitative estimate of drug-likeness (QED) is 0.794. The molecule has 1 heterocycles. The third-order valence-electron chi connectivity index (χ3n) is 4.91. The number of rotatable bonds is 7. The Balaban J connectivity index is 0.00000312. The molecule has 1 atom stereocenters. The molecule has 1 fully saturated rings. The fourth-order valence-corrected chi connectivity index (χ4v) is 3.25. The van der Waals surface area contributed by atoms with Gasteiger partial charge in [0.25, 0.3) is 5.91 Å². The number of carbonyl (C=O) groups is 1. The van der Waals surface area contributed by atoms with Crippen molar-refractivity contribution in [2.75, 3.05) is 26.7 Å². The molecule has 2 rings (SSSR count). The molecule has 0 saturated carbocycles. The SMILES string of the molecule is CNCCC1CCN(C(=O)C(C)Oc2cccc(C(C)C)c2)CC1.Cl. The monoisotopic (exact) mass is 368 g/mol. The molecule has 1 N–H and O–H groups in total. The second-order valence-electron chi connectivity index (χ2n) is 7.15. The highest BCUT2D eigenvalue weighted by Crippen LogP contribution is 2.23. The van der Waals surface area contributed by atoms with Crippen molar-refractivity contribution in [3.63, 3.8) is 0 Å². The van der Waals surface area contributed by atoms with Crippen molar-refractivity contribution in [2.45, 2.75) is 52.1 Å². The Kier molecular flexibility index (Phi) is 9.30. The molecular formula is C20H33ClN2O2. The van der Waals surface area contributed by atoms with Gasteiger partial charge in [0.15, 0.2) is 6.10 Å². The maximum atomic E-state index is 12.6. The van der Waals surface area contributed by atoms with Gasteiger partial charge in [0.2, 0.25) is 0 Å². The number of benzene rings is 1. The Morgan fingerprint density at radius 2 is 1.96 bits per heavy atom. The van der Waals surface area contributed by atoms with E-state index in [1.54, 1.807) is 0 Å². The molecule has 1 unspecified atom stereocenters. The number of piperidine rings is 1. The van der Waals surface area contributed by atoms with Crippen molar-refractivity contribution in [1.29, 1.82) is 0 Å². The van der Waals surface area contributed by atoms with Crippen LogP contribution in [0.2, 0.25) is 0 Å². The minimum atomic E-state index is -0.429. The van der Waals surface area contributed by atoms with E-state index >= 15 is 0 Å². The Hall–Kier alpha value is -1.26. The van der Waals surface area contributed by atoms with Crippen LogP contribution in [0, 0.1) is 5.92 Å². The Bertz CT molecular complexity index is 528. The summed E-state index contributed by atoms with van der Waals surface area (Å²) in [5.41, 5.74) is 1.23. The minimum absolute atomic E-state index is 0. The number of hydrogen-bond donors (Lipinski definition) is 1. The molecule has 1 saturated heterocycles. The van der Waals surface area contributed by atoms with Gasteiger partial charge in [-0.2, -0.15) is 0 Å². The minimum Gasteiger partial charge on any atom is -0.481 e. The van der Waals surface area contributed by atoms with E-state index in [-0.39, 0.29) is 18.3 Å². The maximum Gasteiger partial charge on any atom is 0.263 e. The van der Waals surface area contributed by atoms with E-state index in [1.807, 2.05) is 37.1 Å². The maximum absolute atomic E-state index is 12.6. The van der Waals surface area contributed by atoms with Crippen molar-refractivity contribution in [3.8, 4) is 5.75 Å². The van der Waals surface area contributed by atoms with Crippen molar-refractivity contribution in [2.24, 2.45) is 5.92 Å². The molecule has 1 aromatic carbocycles. The van der Waals surface area contributed by atoms with E-state index in [4.69, 9.17) is 4.74 Å². The first-order valence-electron chi connectivity index (χ1n) is 9.21. The normalized spacial score (nSPS) is 16.4. The Morgan fingerprint density at radius 1 is 1.28 bits per heavy atom. The summed E-state index contributed by atoms with van der Waals surface area (Å²) in [6.45, 7) is 8.94. The summed E-state index contributed by atoms with van der Waals surface area (Å²) in [5.74, 6) is 2.08. The lowest BCUT2D eigenvalue weighted by atomic mass is 9.93. The highest BCUT2D eigenvalue weighted by Gasteiger charge is 2.26. The summed E-state index contributed by atoms with van der Waals surface area (Å²) in [4.78, 5) is 14.6. The van der Waals surface area contributed by atoms with E-state index in [9.17, 15) is 4.79 Å². The number of likely N-dealkylation sites (tertiary alicyclic amines) is 1. The third kappa shape index (κ3) is 6.52. The van der Waals surface area contributed by atoms with Crippen molar-refractivity contribution in [1.82, 2.24) is 10.2 Å². The number of nitrogens with one attached hydrogen (secondary N) is 1. The van der Waals surface area contributed by atoms with Gasteiger partial charge >= 0.3 is 0 Å². The topological polar surface area (TPSA) is 41.6 Å². The zero-order chi connectivity index (χ0) is 17.5. The Labute approximate surface area is 158 Å². The number of hydrogen-bond acceptors (Lipinski definition) is 3. The smallest absolute Gasteiger partial charge is 0.263 e. The molecule has 0 radical (unpaired) electrons. The molecule has 0 aromatic heterocycles. The van der Waals surface area contributed by atoms with Crippen LogP contribution >= 0.6 is 12.4 Å². The van der Waals surface area contributed by atoms with Crippen LogP contribution in [0.3, 0.4) is 0 Å². The highest BCUT2D eigenvalue weighted by atomic mass is 35.5. The van der Waals surface area contributed by atoms with Gasteiger partial charge in [0, 0.05) is 13.1 Å². The first kappa shape index (κ1) is 21.8. The molecule has 25 heavy (non-hydrogen) atoms. The molecule has 0 bridgehead atoms. The molecule has 4 nitrogen and oxygen atoms in total. The predicted octanol–water partition coefficient (Wildman–Crippen LogP) is 3.85. The van der Waals surface area contributed by atoms with Crippen LogP contribution in [-0.4, -0.2) is 43.6 Å². The standard InChI is InChI=1S/C20H32N2O2.ClH/c1-15(2)18-6-5-7-19(14-18)24-16(3)20(23)22-12-9-17(10-13-22)8-11-21-4;/h5-7,14-17,21H,8-13H2,1-4H3;1H. The summed E-state index contributed by atoms with van der Waals surface area (Å²) in [6.07, 6.45) is 2.97. The summed E-state index contributed by atoms with van der Waals surface area (Å²) in [6, 6.07) is 8.06. The van der Waals surface area contributed by atoms with Crippen molar-refractivity contribution in [3.05, 3.63) is 29.8 Å². The summed E-state index contributed by atoms with van der Waals surface area (Å²) in [7, 11) is 1.99. The zero-order valence-corrected chi connectivity index (χ0v) is 16.8. The van der Waals surface area contributed by atoms with E-state index < -0.39 is 6.10 Å². The summed E-state index contributed by atoms with van der Waals surface area (Å²) >= 11 is 0. The summed E-state index contributed by atoms with van der Waals surface area (Å²) in [5, 5.41) is 3.21. The van der Waals surface area contributed by atoms with Crippen molar-refractivity contribution >= 4 is 18.3 Å². The van der Waals surface area contributed by atoms with Crippen LogP contribution in [0.25, 0.3) is 0 Å². The molecule has 5 heteroatoms. The van der Waals surface area contributed by atoms with E-state index in [1.165, 1.54) is 12.0 Å². The lowest BCUT2D eigenvalue weighted by Crippen LogP contribution is -2.45. The predicted molar refractivity (Wildman–Crippen MR) is 106 cm³/mol. The third-order valence-corrected chi connectivity index (χ3v) is 4.91. The lowest BCUT2D eigenvalue weighted by molar-refractivity contribution is -0.139. The second kappa shape index (κ2) is 10.7. The highest BCUT2D eigenvalue weighted by molar-refractivity contribution is 5.85. The first-order valence-corrected chi connectivity index (χ1v) is 9.21. The average molecular weight is 369 g/mol. The van der Waals surface area contributed by atoms with E-state index in [2.05, 4.69) is 25.2 Å². The summed E-state index contributed by atoms with van der Waals surface area (Å²) < 4.78 is 5.91. The van der Waals surface area contributed by atoms with Gasteiger partial charge in [0.1, 0.15) is 5.75 Å². The number of halogens is 1. The van der Waals surface area contributed by atoms with E-state index in [0.717, 1.165) is 44.1 Å². The molecule has 1 amide bonds. The van der Waals surface area contributed by atoms with Crippen LogP contribution < -0.4 is 10.1 Å². The number of carbonyl (C=O) groups excluding carboxylic acids is 1. The number of nitrogens with zero attached hydrogens (tertiary/aromatic N) is 1. The fourth-order valence-electron chi connectivity index (χ4n) is 3.25. The average Bonchev–Trinajstić information content (AvgIpc) is 2.60. The molecule has 0 aliphatic carbocycles. The molecule has 142 valence electrons. The first-order chi connectivity index (χ1) is 11.5. The molecule has 1 aliphatic rings. The van der Waals surface area contributed by atoms with Crippen LogP contribution in [0.4, 0.5) is 0 Å². The van der Waals surface area contributed by atoms with Gasteiger partial charge in [0.05, 0.1) is 0 Å². The van der Waals surface area contributed by atoms with Crippen LogP contribution in [0.5, 0.6) is 5.75 Å². The van der Waals surface area contributed by atoms with E-state index in [0.29, 0.717) is 5.92 Å². The van der Waals surface area contributed by atoms with Gasteiger partial charge in [-0.05, 0) is 69.3 Å². The molecular weight excluding hydrogens is 336 g/mol. The van der Waals surface area contributed by atoms with Crippen LogP contribution in [0.15, 0.2) is 24.3 Å². The Morgan fingerprint density at radius 3 is 2.56 bits per heavy atom. The lowest BCUT2D eigenvalue weighted by Gasteiger charge is -2.33.